The van der Waals surface area contributed by atoms with Crippen molar-refractivity contribution < 1.29 is 0 Å². The molecule has 1 unspecified atom stereocenters. The van der Waals surface area contributed by atoms with Gasteiger partial charge in [-0.2, -0.15) is 5.10 Å². The maximum absolute atomic E-state index is 5.38. The standard InChI is InChI=1S/C14H14N4S2/c1-9-8-15-13(20-9)10(2)18-12(16-17-14(18)19)11-6-4-3-5-7-11/h3-8,10H,1-2H3,(H,17,19). The lowest BCUT2D eigenvalue weighted by molar-refractivity contribution is 0.631. The third kappa shape index (κ3) is 2.32. The average Bonchev–Trinajstić information content (AvgIpc) is 3.05. The Labute approximate surface area is 126 Å². The molecule has 0 saturated heterocycles. The van der Waals surface area contributed by atoms with Crippen LogP contribution >= 0.6 is 23.6 Å². The van der Waals surface area contributed by atoms with Crippen LogP contribution in [0.25, 0.3) is 11.4 Å². The van der Waals surface area contributed by atoms with Crippen LogP contribution in [0, 0.1) is 11.7 Å². The molecule has 0 radical (unpaired) electrons. The van der Waals surface area contributed by atoms with Crippen molar-refractivity contribution in [2.75, 3.05) is 0 Å². The maximum atomic E-state index is 5.38. The number of nitrogens with zero attached hydrogens (tertiary/aromatic N) is 3. The zero-order chi connectivity index (χ0) is 14.1. The number of hydrogen-bond acceptors (Lipinski definition) is 4. The predicted molar refractivity (Wildman–Crippen MR) is 83.5 cm³/mol. The van der Waals surface area contributed by atoms with Gasteiger partial charge >= 0.3 is 0 Å². The van der Waals surface area contributed by atoms with Crippen LogP contribution in [0.15, 0.2) is 36.5 Å². The van der Waals surface area contributed by atoms with Crippen molar-refractivity contribution in [3.05, 3.63) is 51.2 Å². The molecule has 102 valence electrons. The normalized spacial score (nSPS) is 12.5. The molecular weight excluding hydrogens is 288 g/mol. The highest BCUT2D eigenvalue weighted by atomic mass is 32.1. The number of rotatable bonds is 3. The van der Waals surface area contributed by atoms with Crippen LogP contribution in [0.2, 0.25) is 0 Å². The second kappa shape index (κ2) is 5.30. The molecule has 0 aliphatic rings. The lowest BCUT2D eigenvalue weighted by Crippen LogP contribution is -2.08. The predicted octanol–water partition coefficient (Wildman–Crippen LogP) is 3.98. The molecule has 1 aromatic carbocycles. The third-order valence-electron chi connectivity index (χ3n) is 3.12. The Balaban J connectivity index is 2.10. The number of aryl methyl sites for hydroxylation is 1. The van der Waals surface area contributed by atoms with E-state index in [1.165, 1.54) is 4.88 Å². The van der Waals surface area contributed by atoms with Gasteiger partial charge in [-0.25, -0.2) is 4.98 Å². The SMILES string of the molecule is Cc1cnc(C(C)n2c(-c3ccccc3)n[nH]c2=S)s1. The molecule has 4 nitrogen and oxygen atoms in total. The van der Waals surface area contributed by atoms with E-state index in [0.717, 1.165) is 16.4 Å². The van der Waals surface area contributed by atoms with Crippen LogP contribution in [0.4, 0.5) is 0 Å². The summed E-state index contributed by atoms with van der Waals surface area (Å²) in [7, 11) is 0. The fraction of sp³-hybridized carbons (Fsp3) is 0.214. The number of nitrogens with one attached hydrogen (secondary N) is 1. The van der Waals surface area contributed by atoms with Gasteiger partial charge in [-0.3, -0.25) is 9.67 Å². The average molecular weight is 302 g/mol. The molecule has 2 aromatic heterocycles. The first-order valence-electron chi connectivity index (χ1n) is 6.31. The lowest BCUT2D eigenvalue weighted by atomic mass is 10.2. The molecule has 0 saturated carbocycles. The van der Waals surface area contributed by atoms with Gasteiger partial charge in [0.15, 0.2) is 10.6 Å². The van der Waals surface area contributed by atoms with Gasteiger partial charge in [-0.1, -0.05) is 30.3 Å². The van der Waals surface area contributed by atoms with Crippen molar-refractivity contribution in [1.82, 2.24) is 19.7 Å². The van der Waals surface area contributed by atoms with E-state index in [9.17, 15) is 0 Å². The molecule has 0 aliphatic heterocycles. The van der Waals surface area contributed by atoms with Crippen LogP contribution in [0.1, 0.15) is 22.9 Å². The molecule has 2 heterocycles. The van der Waals surface area contributed by atoms with Crippen molar-refractivity contribution in [3.8, 4) is 11.4 Å². The summed E-state index contributed by atoms with van der Waals surface area (Å²) in [6.07, 6.45) is 1.89. The molecular formula is C14H14N4S2. The molecule has 6 heteroatoms. The van der Waals surface area contributed by atoms with Crippen LogP contribution in [-0.2, 0) is 0 Å². The first-order chi connectivity index (χ1) is 9.66. The summed E-state index contributed by atoms with van der Waals surface area (Å²) in [5, 5.41) is 8.29. The highest BCUT2D eigenvalue weighted by molar-refractivity contribution is 7.71. The van der Waals surface area contributed by atoms with E-state index >= 15 is 0 Å². The number of thiazole rings is 1. The molecule has 3 aromatic rings. The van der Waals surface area contributed by atoms with E-state index in [4.69, 9.17) is 12.2 Å². The highest BCUT2D eigenvalue weighted by Crippen LogP contribution is 2.27. The van der Waals surface area contributed by atoms with E-state index in [2.05, 4.69) is 29.0 Å². The smallest absolute Gasteiger partial charge is 0.196 e. The quantitative estimate of drug-likeness (QED) is 0.744. The minimum absolute atomic E-state index is 0.0650. The number of hydrogen-bond donors (Lipinski definition) is 1. The van der Waals surface area contributed by atoms with E-state index in [0.29, 0.717) is 4.77 Å². The molecule has 1 N–H and O–H groups in total. The van der Waals surface area contributed by atoms with E-state index in [-0.39, 0.29) is 6.04 Å². The van der Waals surface area contributed by atoms with Gasteiger partial charge in [-0.15, -0.1) is 11.3 Å². The molecule has 0 bridgehead atoms. The summed E-state index contributed by atoms with van der Waals surface area (Å²) in [6, 6.07) is 10.1. The summed E-state index contributed by atoms with van der Waals surface area (Å²) in [5.41, 5.74) is 1.04. The Bertz CT molecular complexity index is 770. The van der Waals surface area contributed by atoms with Gasteiger partial charge in [0.25, 0.3) is 0 Å². The van der Waals surface area contributed by atoms with Gasteiger partial charge in [0.05, 0.1) is 6.04 Å². The molecule has 0 fully saturated rings. The van der Waals surface area contributed by atoms with Crippen LogP contribution in [0.3, 0.4) is 0 Å². The Morgan fingerprint density at radius 2 is 2.05 bits per heavy atom. The van der Waals surface area contributed by atoms with Gasteiger partial charge in [0.1, 0.15) is 5.01 Å². The zero-order valence-electron chi connectivity index (χ0n) is 11.2. The summed E-state index contributed by atoms with van der Waals surface area (Å²) in [5.74, 6) is 0.843. The molecule has 3 rings (SSSR count). The second-order valence-corrected chi connectivity index (χ2v) is 6.23. The van der Waals surface area contributed by atoms with Gasteiger partial charge in [-0.05, 0) is 26.1 Å². The fourth-order valence-corrected chi connectivity index (χ4v) is 3.24. The molecule has 20 heavy (non-hydrogen) atoms. The third-order valence-corrected chi connectivity index (χ3v) is 4.49. The lowest BCUT2D eigenvalue weighted by Gasteiger charge is -2.13. The van der Waals surface area contributed by atoms with Gasteiger partial charge < -0.3 is 0 Å². The van der Waals surface area contributed by atoms with Crippen LogP contribution in [0.5, 0.6) is 0 Å². The second-order valence-electron chi connectivity index (χ2n) is 4.57. The summed E-state index contributed by atoms with van der Waals surface area (Å²) < 4.78 is 2.63. The van der Waals surface area contributed by atoms with Crippen molar-refractivity contribution in [3.63, 3.8) is 0 Å². The molecule has 1 atom stereocenters. The minimum Gasteiger partial charge on any atom is -0.290 e. The van der Waals surface area contributed by atoms with Crippen molar-refractivity contribution >= 4 is 23.6 Å². The van der Waals surface area contributed by atoms with Crippen LogP contribution < -0.4 is 0 Å². The molecule has 0 aliphatic carbocycles. The Hall–Kier alpha value is -1.79. The fourth-order valence-electron chi connectivity index (χ4n) is 2.13. The summed E-state index contributed by atoms with van der Waals surface area (Å²) in [6.45, 7) is 4.15. The van der Waals surface area contributed by atoms with E-state index in [1.807, 2.05) is 41.1 Å². The van der Waals surface area contributed by atoms with E-state index in [1.54, 1.807) is 11.3 Å². The summed E-state index contributed by atoms with van der Waals surface area (Å²) in [4.78, 5) is 5.65. The first-order valence-corrected chi connectivity index (χ1v) is 7.54. The first kappa shape index (κ1) is 13.2. The summed E-state index contributed by atoms with van der Waals surface area (Å²) >= 11 is 7.06. The number of aromatic nitrogens is 4. The van der Waals surface area contributed by atoms with Crippen molar-refractivity contribution in [2.24, 2.45) is 0 Å². The number of benzene rings is 1. The zero-order valence-corrected chi connectivity index (χ0v) is 12.8. The monoisotopic (exact) mass is 302 g/mol. The van der Waals surface area contributed by atoms with Crippen molar-refractivity contribution in [1.29, 1.82) is 0 Å². The van der Waals surface area contributed by atoms with E-state index < -0.39 is 0 Å². The van der Waals surface area contributed by atoms with Gasteiger partial charge in [0.2, 0.25) is 0 Å². The Morgan fingerprint density at radius 1 is 1.30 bits per heavy atom. The topological polar surface area (TPSA) is 46.5 Å². The molecule has 0 spiro atoms. The van der Waals surface area contributed by atoms with Gasteiger partial charge in [0, 0.05) is 16.6 Å². The van der Waals surface area contributed by atoms with Crippen molar-refractivity contribution in [2.45, 2.75) is 19.9 Å². The largest absolute Gasteiger partial charge is 0.290 e. The Morgan fingerprint density at radius 3 is 2.70 bits per heavy atom. The minimum atomic E-state index is 0.0650. The Kier molecular flexibility index (Phi) is 3.50. The number of H-pyrrole nitrogens is 1. The molecule has 0 amide bonds. The number of aromatic amines is 1. The van der Waals surface area contributed by atoms with Crippen LogP contribution in [-0.4, -0.2) is 19.7 Å². The highest BCUT2D eigenvalue weighted by Gasteiger charge is 2.18. The maximum Gasteiger partial charge on any atom is 0.196 e.